The van der Waals surface area contributed by atoms with Crippen LogP contribution in [0.5, 0.6) is 0 Å². The molecule has 1 rings (SSSR count). The summed E-state index contributed by atoms with van der Waals surface area (Å²) in [6.07, 6.45) is 0.636. The van der Waals surface area contributed by atoms with E-state index in [2.05, 4.69) is 24.5 Å². The Morgan fingerprint density at radius 2 is 2.23 bits per heavy atom. The molecule has 1 aromatic rings. The first-order valence-corrected chi connectivity index (χ1v) is 4.52. The van der Waals surface area contributed by atoms with Crippen molar-refractivity contribution in [3.63, 3.8) is 0 Å². The highest BCUT2D eigenvalue weighted by molar-refractivity contribution is 7.80. The molecule has 2 N–H and O–H groups in total. The third-order valence-corrected chi connectivity index (χ3v) is 1.72. The Kier molecular flexibility index (Phi) is 3.66. The maximum atomic E-state index is 13.1. The fourth-order valence-electron chi connectivity index (χ4n) is 0.879. The molecule has 0 saturated carbocycles. The largest absolute Gasteiger partial charge is 0.398 e. The molecule has 13 heavy (non-hydrogen) atoms. The Bertz CT molecular complexity index is 331. The number of nitrogens with two attached hydrogens (primary N) is 1. The first-order chi connectivity index (χ1) is 6.25. The van der Waals surface area contributed by atoms with Crippen molar-refractivity contribution < 1.29 is 4.39 Å². The van der Waals surface area contributed by atoms with Crippen LogP contribution in [0.1, 0.15) is 12.0 Å². The fourth-order valence-corrected chi connectivity index (χ4v) is 0.991. The normalized spacial score (nSPS) is 9.08. The number of hydrogen-bond donors (Lipinski definition) is 2. The van der Waals surface area contributed by atoms with Gasteiger partial charge in [0.15, 0.2) is 0 Å². The molecule has 0 heterocycles. The van der Waals surface area contributed by atoms with Gasteiger partial charge in [-0.3, -0.25) is 0 Å². The zero-order valence-electron chi connectivity index (χ0n) is 7.05. The van der Waals surface area contributed by atoms with Crippen molar-refractivity contribution in [2.45, 2.75) is 6.42 Å². The summed E-state index contributed by atoms with van der Waals surface area (Å²) in [5.74, 6) is 5.77. The number of rotatable bonds is 1. The highest BCUT2D eigenvalue weighted by Crippen LogP contribution is 2.13. The summed E-state index contributed by atoms with van der Waals surface area (Å²) in [4.78, 5) is 0. The van der Waals surface area contributed by atoms with Crippen LogP contribution in [0.15, 0.2) is 18.2 Å². The molecule has 0 aliphatic rings. The van der Waals surface area contributed by atoms with Crippen LogP contribution in [0.2, 0.25) is 0 Å². The molecule has 0 atom stereocenters. The number of halogens is 1. The van der Waals surface area contributed by atoms with Gasteiger partial charge in [0.2, 0.25) is 0 Å². The van der Waals surface area contributed by atoms with E-state index in [-0.39, 0.29) is 11.4 Å². The van der Waals surface area contributed by atoms with Crippen LogP contribution >= 0.6 is 12.6 Å². The van der Waals surface area contributed by atoms with Gasteiger partial charge >= 0.3 is 0 Å². The van der Waals surface area contributed by atoms with Gasteiger partial charge in [-0.15, -0.1) is 0 Å². The predicted octanol–water partition coefficient (Wildman–Crippen LogP) is 2.08. The average molecular weight is 195 g/mol. The molecule has 1 nitrogen and oxygen atoms in total. The van der Waals surface area contributed by atoms with E-state index in [0.29, 0.717) is 17.9 Å². The second kappa shape index (κ2) is 4.78. The zero-order valence-corrected chi connectivity index (χ0v) is 7.94. The van der Waals surface area contributed by atoms with Crippen LogP contribution in [0.3, 0.4) is 0 Å². The van der Waals surface area contributed by atoms with Gasteiger partial charge in [-0.25, -0.2) is 4.39 Å². The SMILES string of the molecule is Nc1cccc(F)c1C#CCCS. The van der Waals surface area contributed by atoms with Gasteiger partial charge in [0.05, 0.1) is 11.3 Å². The summed E-state index contributed by atoms with van der Waals surface area (Å²) in [5, 5.41) is 0. The van der Waals surface area contributed by atoms with Crippen LogP contribution in [0, 0.1) is 17.7 Å². The Morgan fingerprint density at radius 1 is 1.46 bits per heavy atom. The Labute approximate surface area is 82.6 Å². The van der Waals surface area contributed by atoms with Gasteiger partial charge in [0.1, 0.15) is 5.82 Å². The molecule has 0 aromatic heterocycles. The number of anilines is 1. The first kappa shape index (κ1) is 9.94. The van der Waals surface area contributed by atoms with Crippen molar-refractivity contribution in [1.29, 1.82) is 0 Å². The summed E-state index contributed by atoms with van der Waals surface area (Å²) in [5.41, 5.74) is 6.20. The van der Waals surface area contributed by atoms with Crippen molar-refractivity contribution in [3.05, 3.63) is 29.6 Å². The van der Waals surface area contributed by atoms with Crippen LogP contribution in [0.25, 0.3) is 0 Å². The Balaban J connectivity index is 2.95. The first-order valence-electron chi connectivity index (χ1n) is 3.89. The minimum absolute atomic E-state index is 0.282. The van der Waals surface area contributed by atoms with Crippen molar-refractivity contribution in [2.75, 3.05) is 11.5 Å². The molecule has 0 aliphatic carbocycles. The summed E-state index contributed by atoms with van der Waals surface area (Å²) < 4.78 is 13.1. The standard InChI is InChI=1S/C10H10FNS/c11-9-5-3-6-10(12)8(9)4-1-2-7-13/h3,5-6,13H,2,7,12H2. The molecule has 0 spiro atoms. The van der Waals surface area contributed by atoms with Crippen molar-refractivity contribution >= 4 is 18.3 Å². The van der Waals surface area contributed by atoms with Crippen molar-refractivity contribution in [1.82, 2.24) is 0 Å². The maximum Gasteiger partial charge on any atom is 0.140 e. The van der Waals surface area contributed by atoms with Crippen molar-refractivity contribution in [3.8, 4) is 11.8 Å². The lowest BCUT2D eigenvalue weighted by Crippen LogP contribution is -1.93. The molecule has 1 aromatic carbocycles. The smallest absolute Gasteiger partial charge is 0.140 e. The molecule has 0 fully saturated rings. The van der Waals surface area contributed by atoms with Gasteiger partial charge in [-0.2, -0.15) is 12.6 Å². The monoisotopic (exact) mass is 195 g/mol. The van der Waals surface area contributed by atoms with Gasteiger partial charge in [0, 0.05) is 12.2 Å². The average Bonchev–Trinajstić information content (AvgIpc) is 2.10. The Hall–Kier alpha value is -1.14. The minimum Gasteiger partial charge on any atom is -0.398 e. The highest BCUT2D eigenvalue weighted by atomic mass is 32.1. The van der Waals surface area contributed by atoms with E-state index in [1.165, 1.54) is 6.07 Å². The van der Waals surface area contributed by atoms with E-state index in [9.17, 15) is 4.39 Å². The molecule has 68 valence electrons. The number of benzene rings is 1. The van der Waals surface area contributed by atoms with Crippen LogP contribution in [0.4, 0.5) is 10.1 Å². The third-order valence-electron chi connectivity index (χ3n) is 1.50. The highest BCUT2D eigenvalue weighted by Gasteiger charge is 2.00. The summed E-state index contributed by atoms with van der Waals surface area (Å²) in [7, 11) is 0. The third kappa shape index (κ3) is 2.67. The van der Waals surface area contributed by atoms with E-state index >= 15 is 0 Å². The molecular formula is C10H10FNS. The van der Waals surface area contributed by atoms with Gasteiger partial charge in [-0.05, 0) is 12.1 Å². The number of nitrogen functional groups attached to an aromatic ring is 1. The van der Waals surface area contributed by atoms with Crippen LogP contribution in [-0.2, 0) is 0 Å². The second-order valence-electron chi connectivity index (χ2n) is 2.48. The van der Waals surface area contributed by atoms with E-state index in [0.717, 1.165) is 0 Å². The number of thiol groups is 1. The summed E-state index contributed by atoms with van der Waals surface area (Å²) >= 11 is 3.99. The predicted molar refractivity (Wildman–Crippen MR) is 56.2 cm³/mol. The van der Waals surface area contributed by atoms with Gasteiger partial charge in [0.25, 0.3) is 0 Å². The Morgan fingerprint density at radius 3 is 2.85 bits per heavy atom. The molecule has 0 aliphatic heterocycles. The fraction of sp³-hybridized carbons (Fsp3) is 0.200. The molecule has 0 unspecified atom stereocenters. The molecule has 3 heteroatoms. The minimum atomic E-state index is -0.369. The molecule has 0 bridgehead atoms. The molecule has 0 radical (unpaired) electrons. The molecular weight excluding hydrogens is 185 g/mol. The van der Waals surface area contributed by atoms with Crippen LogP contribution in [-0.4, -0.2) is 5.75 Å². The van der Waals surface area contributed by atoms with Gasteiger partial charge < -0.3 is 5.73 Å². The summed E-state index contributed by atoms with van der Waals surface area (Å²) in [6, 6.07) is 4.54. The number of hydrogen-bond acceptors (Lipinski definition) is 2. The van der Waals surface area contributed by atoms with E-state index in [4.69, 9.17) is 5.73 Å². The zero-order chi connectivity index (χ0) is 9.68. The van der Waals surface area contributed by atoms with E-state index in [1.807, 2.05) is 0 Å². The van der Waals surface area contributed by atoms with E-state index in [1.54, 1.807) is 12.1 Å². The second-order valence-corrected chi connectivity index (χ2v) is 2.93. The lowest BCUT2D eigenvalue weighted by atomic mass is 10.1. The lowest BCUT2D eigenvalue weighted by Gasteiger charge is -1.97. The summed E-state index contributed by atoms with van der Waals surface area (Å²) in [6.45, 7) is 0. The van der Waals surface area contributed by atoms with Crippen LogP contribution < -0.4 is 5.73 Å². The topological polar surface area (TPSA) is 26.0 Å². The van der Waals surface area contributed by atoms with Gasteiger partial charge in [-0.1, -0.05) is 17.9 Å². The molecule has 0 amide bonds. The molecule has 0 saturated heterocycles. The lowest BCUT2D eigenvalue weighted by molar-refractivity contribution is 0.625. The van der Waals surface area contributed by atoms with Crippen molar-refractivity contribution in [2.24, 2.45) is 0 Å². The van der Waals surface area contributed by atoms with E-state index < -0.39 is 0 Å². The maximum absolute atomic E-state index is 13.1. The quantitative estimate of drug-likeness (QED) is 0.400.